The molecule has 4 aromatic rings. The Bertz CT molecular complexity index is 2080. The molecule has 2 heterocycles. The predicted molar refractivity (Wildman–Crippen MR) is 220 cm³/mol. The third-order valence-corrected chi connectivity index (χ3v) is 7.16. The molecule has 0 fully saturated rings. The van der Waals surface area contributed by atoms with E-state index in [0.29, 0.717) is 30.0 Å². The van der Waals surface area contributed by atoms with Crippen LogP contribution in [0.4, 0.5) is 28.7 Å². The molecule has 2 aromatic carbocycles. The molecule has 24 heteroatoms. The number of aromatic nitrogens is 4. The van der Waals surface area contributed by atoms with Crippen molar-refractivity contribution in [3.05, 3.63) is 118 Å². The number of halogens is 4. The van der Waals surface area contributed by atoms with Gasteiger partial charge in [0.2, 0.25) is 32.5 Å². The summed E-state index contributed by atoms with van der Waals surface area (Å²) in [5.41, 5.74) is 7.14. The minimum atomic E-state index is -0.777. The van der Waals surface area contributed by atoms with Gasteiger partial charge in [-0.25, -0.2) is 4.85 Å². The first-order chi connectivity index (χ1) is 27.1. The molecule has 0 amide bonds. The van der Waals surface area contributed by atoms with Gasteiger partial charge >= 0.3 is 23.3 Å². The molecule has 0 atom stereocenters. The van der Waals surface area contributed by atoms with Crippen molar-refractivity contribution in [1.82, 2.24) is 25.3 Å². The average Bonchev–Trinajstić information content (AvgIpc) is 3.15. The van der Waals surface area contributed by atoms with Gasteiger partial charge < -0.3 is 25.4 Å². The number of anilines is 2. The Labute approximate surface area is 354 Å². The van der Waals surface area contributed by atoms with Crippen LogP contribution in [0.5, 0.6) is 0 Å². The number of nitrogens with zero attached hydrogens (tertiary/aromatic N) is 9. The molecular weight excluding hydrogens is 843 g/mol. The van der Waals surface area contributed by atoms with Crippen molar-refractivity contribution in [2.24, 2.45) is 0 Å². The topological polar surface area (TPSA) is 260 Å². The maximum atomic E-state index is 12.0. The van der Waals surface area contributed by atoms with Crippen LogP contribution in [0.3, 0.4) is 0 Å². The van der Waals surface area contributed by atoms with Crippen LogP contribution in [0.15, 0.2) is 48.5 Å². The van der Waals surface area contributed by atoms with E-state index < -0.39 is 33.0 Å². The van der Waals surface area contributed by atoms with Crippen LogP contribution in [0.1, 0.15) is 38.0 Å². The first-order valence-corrected chi connectivity index (χ1v) is 17.4. The monoisotopic (exact) mass is 877 g/mol. The zero-order chi connectivity index (χ0) is 43.1. The molecule has 2 radical (unpaired) electrons. The largest absolute Gasteiger partial charge is 0.465 e. The number of carbonyl (C=O) groups excluding carboxylic acids is 2. The molecule has 3 N–H and O–H groups in total. The van der Waals surface area contributed by atoms with E-state index in [1.165, 1.54) is 11.7 Å². The SMILES string of the molecule is C.CCOC(=O)CN(Cc1cccc(C#N)c1)c1nc(Cl)nc(N)c1[N+](=O)[O-].O=[N+]([O-])c1c(Cl)nc(Cl)nc1Cl.[B]C.[C-]#[N+]c1cccc(CNCC(=O)OCC)c1. The molecule has 58 heavy (non-hydrogen) atoms. The summed E-state index contributed by atoms with van der Waals surface area (Å²) in [5.74, 6) is -1.51. The number of nitrogen functional groups attached to an aromatic ring is 1. The molecule has 0 spiro atoms. The fourth-order valence-corrected chi connectivity index (χ4v) is 5.09. The van der Waals surface area contributed by atoms with Gasteiger partial charge in [0.15, 0.2) is 5.69 Å². The molecule has 306 valence electrons. The summed E-state index contributed by atoms with van der Waals surface area (Å²) >= 11 is 21.9. The molecule has 0 aliphatic rings. The summed E-state index contributed by atoms with van der Waals surface area (Å²) in [6.45, 7) is 12.8. The van der Waals surface area contributed by atoms with Gasteiger partial charge in [-0.1, -0.05) is 73.8 Å². The number of rotatable bonds is 13. The summed E-state index contributed by atoms with van der Waals surface area (Å²) < 4.78 is 9.70. The fraction of sp³-hybridized carbons (Fsp3) is 0.294. The highest BCUT2D eigenvalue weighted by atomic mass is 35.5. The lowest BCUT2D eigenvalue weighted by atomic mass is 10.1. The number of hydrogen-bond acceptors (Lipinski definition) is 16. The van der Waals surface area contributed by atoms with E-state index in [1.807, 2.05) is 18.2 Å². The van der Waals surface area contributed by atoms with Gasteiger partial charge in [0, 0.05) is 13.1 Å². The summed E-state index contributed by atoms with van der Waals surface area (Å²) in [5, 5.41) is 32.4. The second-order valence-electron chi connectivity index (χ2n) is 10.2. The van der Waals surface area contributed by atoms with Crippen LogP contribution in [0.2, 0.25) is 27.7 Å². The van der Waals surface area contributed by atoms with Crippen molar-refractivity contribution in [2.45, 2.75) is 41.2 Å². The highest BCUT2D eigenvalue weighted by Gasteiger charge is 2.29. The third kappa shape index (κ3) is 17.9. The third-order valence-electron chi connectivity index (χ3n) is 6.30. The Morgan fingerprint density at radius 2 is 1.47 bits per heavy atom. The summed E-state index contributed by atoms with van der Waals surface area (Å²) in [4.78, 5) is 62.0. The number of nitro groups is 2. The van der Waals surface area contributed by atoms with Crippen LogP contribution in [0.25, 0.3) is 4.85 Å². The normalized spacial score (nSPS) is 9.47. The number of esters is 2. The Hall–Kier alpha value is -5.90. The van der Waals surface area contributed by atoms with Gasteiger partial charge in [0.05, 0.1) is 55.7 Å². The zero-order valence-electron chi connectivity index (χ0n) is 30.3. The molecule has 0 saturated carbocycles. The van der Waals surface area contributed by atoms with E-state index in [0.717, 1.165) is 5.56 Å². The Morgan fingerprint density at radius 1 is 0.914 bits per heavy atom. The lowest BCUT2D eigenvalue weighted by Gasteiger charge is -2.23. The molecule has 0 aliphatic heterocycles. The van der Waals surface area contributed by atoms with Crippen molar-refractivity contribution < 1.29 is 28.9 Å². The Balaban J connectivity index is 0.000000891. The molecule has 0 unspecified atom stereocenters. The van der Waals surface area contributed by atoms with Crippen LogP contribution in [0, 0.1) is 38.1 Å². The summed E-state index contributed by atoms with van der Waals surface area (Å²) in [6, 6.07) is 15.9. The van der Waals surface area contributed by atoms with E-state index in [1.54, 1.807) is 50.2 Å². The van der Waals surface area contributed by atoms with E-state index in [4.69, 9.17) is 73.4 Å². The molecule has 0 saturated heterocycles. The lowest BCUT2D eigenvalue weighted by Crippen LogP contribution is -2.32. The van der Waals surface area contributed by atoms with E-state index >= 15 is 0 Å². The van der Waals surface area contributed by atoms with Crippen molar-refractivity contribution in [2.75, 3.05) is 36.9 Å². The number of benzene rings is 2. The van der Waals surface area contributed by atoms with Gasteiger partial charge in [-0.15, -0.1) is 0 Å². The zero-order valence-corrected chi connectivity index (χ0v) is 33.3. The number of hydrogen-bond donors (Lipinski definition) is 2. The highest BCUT2D eigenvalue weighted by molar-refractivity contribution is 6.38. The van der Waals surface area contributed by atoms with Gasteiger partial charge in [0.1, 0.15) is 6.54 Å². The van der Waals surface area contributed by atoms with Crippen LogP contribution in [-0.2, 0) is 32.2 Å². The van der Waals surface area contributed by atoms with Crippen molar-refractivity contribution >= 4 is 94.9 Å². The lowest BCUT2D eigenvalue weighted by molar-refractivity contribution is -0.385. The molecule has 0 bridgehead atoms. The van der Waals surface area contributed by atoms with Crippen LogP contribution < -0.4 is 16.0 Å². The van der Waals surface area contributed by atoms with Gasteiger partial charge in [-0.2, -0.15) is 25.2 Å². The van der Waals surface area contributed by atoms with Crippen LogP contribution >= 0.6 is 46.4 Å². The van der Waals surface area contributed by atoms with E-state index in [9.17, 15) is 29.8 Å². The number of carbonyl (C=O) groups is 2. The van der Waals surface area contributed by atoms with Crippen molar-refractivity contribution in [3.63, 3.8) is 0 Å². The van der Waals surface area contributed by atoms with E-state index in [-0.39, 0.29) is 66.3 Å². The number of ether oxygens (including phenoxy) is 2. The van der Waals surface area contributed by atoms with Gasteiger partial charge in [-0.05, 0) is 60.3 Å². The smallest absolute Gasteiger partial charge is 0.353 e. The first kappa shape index (κ1) is 52.1. The standard InChI is InChI=1S/C16H15ClN6O4.C12H14N2O2.C4Cl3N3O2.CH3B.CH4/c1-2-27-12(24)9-22(8-11-5-3-4-10(6-11)7-18)15-13(23(25)26)14(19)20-16(17)21-15;1-3-16-12(15)9-14-8-10-5-4-6-11(7-10)13-2;5-2-1(10(11)12)3(6)9-4(7)8-2;1-2;/h3-6H,2,8-9H2,1H3,(H2,19,20,21);4-7,14H,3,8-9H2,1H3;;1H3;1H4. The molecule has 4 rings (SSSR count). The molecule has 2 aromatic heterocycles. The van der Waals surface area contributed by atoms with E-state index in [2.05, 4.69) is 37.9 Å². The second kappa shape index (κ2) is 27.7. The molecule has 0 aliphatic carbocycles. The predicted octanol–water partition coefficient (Wildman–Crippen LogP) is 7.14. The Kier molecular flexibility index (Phi) is 24.8. The number of nitriles is 1. The second-order valence-corrected chi connectivity index (χ2v) is 11.5. The van der Waals surface area contributed by atoms with Crippen LogP contribution in [-0.4, -0.2) is 75.9 Å². The molecule has 19 nitrogen and oxygen atoms in total. The summed E-state index contributed by atoms with van der Waals surface area (Å²) in [6.07, 6.45) is 0. The fourth-order valence-electron chi connectivity index (χ4n) is 4.14. The average molecular weight is 879 g/mol. The minimum Gasteiger partial charge on any atom is -0.465 e. The first-order valence-electron chi connectivity index (χ1n) is 15.9. The molecular formula is C34H36BCl4N11O8. The van der Waals surface area contributed by atoms with Crippen molar-refractivity contribution in [1.29, 1.82) is 5.26 Å². The maximum absolute atomic E-state index is 12.0. The maximum Gasteiger partial charge on any atom is 0.353 e. The van der Waals surface area contributed by atoms with Gasteiger partial charge in [-0.3, -0.25) is 29.8 Å². The van der Waals surface area contributed by atoms with Gasteiger partial charge in [0.25, 0.3) is 0 Å². The number of nitrogens with one attached hydrogen (secondary N) is 1. The quantitative estimate of drug-likeness (QED) is 0.0257. The Morgan fingerprint density at radius 3 is 2.02 bits per heavy atom. The highest BCUT2D eigenvalue weighted by Crippen LogP contribution is 2.33. The van der Waals surface area contributed by atoms with Crippen molar-refractivity contribution in [3.8, 4) is 6.07 Å². The summed E-state index contributed by atoms with van der Waals surface area (Å²) in [7, 11) is 4.50. The number of nitrogens with two attached hydrogens (primary N) is 1. The minimum absolute atomic E-state index is 0.